The molecule has 0 saturated heterocycles. The van der Waals surface area contributed by atoms with Gasteiger partial charge in [0.05, 0.1) is 0 Å². The summed E-state index contributed by atoms with van der Waals surface area (Å²) < 4.78 is 284. The third kappa shape index (κ3) is 6.89. The van der Waals surface area contributed by atoms with Gasteiger partial charge in [-0.05, 0) is 79.5 Å². The second-order valence-corrected chi connectivity index (χ2v) is 14.6. The van der Waals surface area contributed by atoms with E-state index in [-0.39, 0.29) is 43.1 Å². The number of hydrogen-bond acceptors (Lipinski definition) is 0. The fraction of sp³-hybridized carbons (Fsp3) is 0. The Bertz CT molecular complexity index is 3500. The summed E-state index contributed by atoms with van der Waals surface area (Å²) in [6.45, 7) is 0. The van der Waals surface area contributed by atoms with Gasteiger partial charge >= 0.3 is 0 Å². The Balaban J connectivity index is 1.27. The molecule has 346 valence electrons. The molecule has 0 aliphatic rings. The highest BCUT2D eigenvalue weighted by molar-refractivity contribution is 6.35. The van der Waals surface area contributed by atoms with Crippen molar-refractivity contribution in [3.8, 4) is 47.4 Å². The van der Waals surface area contributed by atoms with E-state index in [0.29, 0.717) is 0 Å². The zero-order valence-corrected chi connectivity index (χ0v) is 33.0. The maximum atomic E-state index is 14.6. The molecule has 9 aromatic rings. The molecule has 20 heteroatoms. The van der Waals surface area contributed by atoms with Crippen molar-refractivity contribution in [3.63, 3.8) is 0 Å². The van der Waals surface area contributed by atoms with Crippen LogP contribution in [0.25, 0.3) is 43.1 Å². The summed E-state index contributed by atoms with van der Waals surface area (Å²) >= 11 is 0. The Labute approximate surface area is 375 Å². The van der Waals surface area contributed by atoms with Crippen molar-refractivity contribution < 1.29 is 87.8 Å². The van der Waals surface area contributed by atoms with E-state index in [1.165, 1.54) is 12.1 Å². The third-order valence-corrected chi connectivity index (χ3v) is 10.8. The average molecular weight is 987 g/mol. The summed E-state index contributed by atoms with van der Waals surface area (Å²) in [5.41, 5.74) is -8.49. The molecule has 0 amide bonds. The van der Waals surface area contributed by atoms with Crippen LogP contribution in [0.15, 0.2) is 36.4 Å². The molecule has 70 heavy (non-hydrogen) atoms. The Morgan fingerprint density at radius 2 is 0.286 bits per heavy atom. The van der Waals surface area contributed by atoms with Crippen molar-refractivity contribution in [2.24, 2.45) is 0 Å². The molecule has 0 aromatic heterocycles. The van der Waals surface area contributed by atoms with Crippen LogP contribution in [-0.4, -0.2) is 0 Å². The Hall–Kier alpha value is -8.62. The monoisotopic (exact) mass is 986 g/mol. The second-order valence-electron chi connectivity index (χ2n) is 14.6. The maximum Gasteiger partial charge on any atom is 0.200 e. The quantitative estimate of drug-likeness (QED) is 0.0615. The standard InChI is InChI=1S/C50H6F20/c51-31-19(32(52)40(60)47(67)39(31)59)5-1-15-9-23-24(10-16(15)2-6-20-33(53)41(61)48(68)42(62)34(20)54)28-14-30-26-12-18(4-8-22-37(57)45(65)50(70)46(66)38(22)58)17(11-25(26)29(30)13-27(23)28)3-7-21-35(55)43(63)49(69)44(64)36(21)56/h9-14H. The summed E-state index contributed by atoms with van der Waals surface area (Å²) in [6, 6.07) is 7.29. The van der Waals surface area contributed by atoms with Crippen molar-refractivity contribution >= 4 is 43.1 Å². The van der Waals surface area contributed by atoms with Gasteiger partial charge in [0, 0.05) is 22.3 Å². The fourth-order valence-electron chi connectivity index (χ4n) is 7.25. The largest absolute Gasteiger partial charge is 0.202 e. The molecule has 0 nitrogen and oxygen atoms in total. The molecule has 0 aliphatic carbocycles. The van der Waals surface area contributed by atoms with Gasteiger partial charge in [-0.25, -0.2) is 87.8 Å². The topological polar surface area (TPSA) is 0 Å². The zero-order valence-electron chi connectivity index (χ0n) is 33.0. The number of rotatable bonds is 0. The summed E-state index contributed by atoms with van der Waals surface area (Å²) in [5.74, 6) is -32.6. The third-order valence-electron chi connectivity index (χ3n) is 10.8. The first-order valence-electron chi connectivity index (χ1n) is 18.7. The van der Waals surface area contributed by atoms with Gasteiger partial charge in [-0.3, -0.25) is 0 Å². The van der Waals surface area contributed by atoms with E-state index >= 15 is 0 Å². The maximum absolute atomic E-state index is 14.6. The molecule has 0 aliphatic heterocycles. The minimum atomic E-state index is -2.53. The predicted octanol–water partition coefficient (Wildman–Crippen LogP) is 13.6. The van der Waals surface area contributed by atoms with Crippen molar-refractivity contribution in [2.45, 2.75) is 0 Å². The molecule has 0 fully saturated rings. The highest BCUT2D eigenvalue weighted by Crippen LogP contribution is 2.45. The number of fused-ring (bicyclic) bond motifs is 8. The van der Waals surface area contributed by atoms with E-state index in [2.05, 4.69) is 23.7 Å². The minimum absolute atomic E-state index is 0.173. The Kier molecular flexibility index (Phi) is 11.0. The first-order chi connectivity index (χ1) is 33.0. The van der Waals surface area contributed by atoms with Gasteiger partial charge in [0.2, 0.25) is 23.3 Å². The molecular formula is C50H6F20. The van der Waals surface area contributed by atoms with Crippen LogP contribution in [0.2, 0.25) is 0 Å². The number of hydrogen-bond donors (Lipinski definition) is 0. The van der Waals surface area contributed by atoms with Crippen LogP contribution >= 0.6 is 0 Å². The second kappa shape index (κ2) is 16.6. The molecular weight excluding hydrogens is 981 g/mol. The molecule has 0 radical (unpaired) electrons. The first kappa shape index (κ1) is 46.5. The highest BCUT2D eigenvalue weighted by atomic mass is 19.2. The summed E-state index contributed by atoms with van der Waals surface area (Å²) in [4.78, 5) is 0. The van der Waals surface area contributed by atoms with Crippen LogP contribution in [0.3, 0.4) is 0 Å². The van der Waals surface area contributed by atoms with Crippen LogP contribution in [0.5, 0.6) is 0 Å². The molecule has 0 saturated carbocycles. The predicted molar refractivity (Wildman–Crippen MR) is 208 cm³/mol. The van der Waals surface area contributed by atoms with Gasteiger partial charge in [-0.1, -0.05) is 47.4 Å². The lowest BCUT2D eigenvalue weighted by Crippen LogP contribution is -2.05. The van der Waals surface area contributed by atoms with Crippen molar-refractivity contribution in [1.82, 2.24) is 0 Å². The lowest BCUT2D eigenvalue weighted by molar-refractivity contribution is 0.376. The van der Waals surface area contributed by atoms with E-state index in [4.69, 9.17) is 0 Å². The van der Waals surface area contributed by atoms with Crippen LogP contribution in [0, 0.1) is 164 Å². The molecule has 0 N–H and O–H groups in total. The van der Waals surface area contributed by atoms with E-state index < -0.39 is 161 Å². The summed E-state index contributed by atoms with van der Waals surface area (Å²) in [6.07, 6.45) is 0. The zero-order chi connectivity index (χ0) is 50.7. The fourth-order valence-corrected chi connectivity index (χ4v) is 7.25. The molecule has 9 rings (SSSR count). The molecule has 0 heterocycles. The molecule has 9 aromatic carbocycles. The minimum Gasteiger partial charge on any atom is -0.202 e. The molecule has 0 bridgehead atoms. The Morgan fingerprint density at radius 1 is 0.157 bits per heavy atom. The van der Waals surface area contributed by atoms with Crippen LogP contribution in [-0.2, 0) is 0 Å². The summed E-state index contributed by atoms with van der Waals surface area (Å²) in [5, 5.41) is 1.81. The molecule has 0 unspecified atom stereocenters. The smallest absolute Gasteiger partial charge is 0.200 e. The van der Waals surface area contributed by atoms with Crippen LogP contribution in [0.1, 0.15) is 44.5 Å². The number of halogens is 20. The van der Waals surface area contributed by atoms with Crippen LogP contribution < -0.4 is 0 Å². The van der Waals surface area contributed by atoms with Gasteiger partial charge in [0.15, 0.2) is 93.1 Å². The van der Waals surface area contributed by atoms with Crippen molar-refractivity contribution in [2.75, 3.05) is 0 Å². The lowest BCUT2D eigenvalue weighted by Gasteiger charge is -2.19. The van der Waals surface area contributed by atoms with Gasteiger partial charge < -0.3 is 0 Å². The molecule has 0 spiro atoms. The first-order valence-corrected chi connectivity index (χ1v) is 18.7. The van der Waals surface area contributed by atoms with Crippen molar-refractivity contribution in [1.29, 1.82) is 0 Å². The van der Waals surface area contributed by atoms with Gasteiger partial charge in [-0.15, -0.1) is 0 Å². The van der Waals surface area contributed by atoms with Crippen molar-refractivity contribution in [3.05, 3.63) is 197 Å². The number of benzene rings is 7. The SMILES string of the molecule is Fc1c(F)c(F)c(C#Cc2cc3c(cc2C#Cc2c(F)c(F)c(F)c(F)c2F)c2cc4c5cc(C#Cc6c(F)c(F)c(F)c(F)c6F)c(C#Cc6c(F)c(F)c(F)c(F)c6F)cc5c4cc32)c(F)c1F. The Morgan fingerprint density at radius 3 is 0.443 bits per heavy atom. The van der Waals surface area contributed by atoms with Crippen LogP contribution in [0.4, 0.5) is 87.8 Å². The van der Waals surface area contributed by atoms with E-state index in [1.807, 2.05) is 0 Å². The van der Waals surface area contributed by atoms with Gasteiger partial charge in [0.1, 0.15) is 22.3 Å². The van der Waals surface area contributed by atoms with Gasteiger partial charge in [-0.2, -0.15) is 0 Å². The lowest BCUT2D eigenvalue weighted by atomic mass is 9.83. The van der Waals surface area contributed by atoms with E-state index in [9.17, 15) is 87.8 Å². The van der Waals surface area contributed by atoms with Gasteiger partial charge in [0.25, 0.3) is 0 Å². The van der Waals surface area contributed by atoms with E-state index in [1.54, 1.807) is 23.7 Å². The highest BCUT2D eigenvalue weighted by Gasteiger charge is 2.29. The van der Waals surface area contributed by atoms with E-state index in [0.717, 1.165) is 24.3 Å². The normalized spacial score (nSPS) is 11.3. The summed E-state index contributed by atoms with van der Waals surface area (Å²) in [7, 11) is 0. The molecule has 0 atom stereocenters. The average Bonchev–Trinajstić information content (AvgIpc) is 3.34.